The number of anilines is 2. The van der Waals surface area contributed by atoms with Gasteiger partial charge in [0.05, 0.1) is 10.5 Å². The fraction of sp³-hybridized carbons (Fsp3) is 0.222. The molecule has 1 aliphatic carbocycles. The van der Waals surface area contributed by atoms with Crippen LogP contribution in [0.25, 0.3) is 0 Å². The van der Waals surface area contributed by atoms with E-state index >= 15 is 0 Å². The van der Waals surface area contributed by atoms with E-state index in [4.69, 9.17) is 17.3 Å². The predicted molar refractivity (Wildman–Crippen MR) is 105 cm³/mol. The molecule has 2 aromatic rings. The molecule has 3 rings (SSSR count). The summed E-state index contributed by atoms with van der Waals surface area (Å²) in [5.41, 5.74) is 4.72. The van der Waals surface area contributed by atoms with Gasteiger partial charge in [-0.15, -0.1) is 0 Å². The summed E-state index contributed by atoms with van der Waals surface area (Å²) in [6.45, 7) is 0. The molecule has 2 aromatic carbocycles. The molecule has 8 nitrogen and oxygen atoms in total. The molecule has 0 bridgehead atoms. The van der Waals surface area contributed by atoms with E-state index in [-0.39, 0.29) is 16.1 Å². The van der Waals surface area contributed by atoms with E-state index in [1.807, 2.05) is 0 Å². The second-order valence-electron chi connectivity index (χ2n) is 6.56. The molecule has 1 aliphatic rings. The van der Waals surface area contributed by atoms with Gasteiger partial charge in [-0.2, -0.15) is 0 Å². The van der Waals surface area contributed by atoms with Gasteiger partial charge < -0.3 is 16.2 Å². The summed E-state index contributed by atoms with van der Waals surface area (Å²) in [4.78, 5) is 23.8. The van der Waals surface area contributed by atoms with Crippen molar-refractivity contribution < 1.29 is 23.1 Å². The Bertz CT molecular complexity index is 1030. The van der Waals surface area contributed by atoms with Gasteiger partial charge in [0.1, 0.15) is 5.54 Å². The van der Waals surface area contributed by atoms with E-state index in [0.29, 0.717) is 30.0 Å². The third kappa shape index (κ3) is 3.90. The number of halogens is 1. The van der Waals surface area contributed by atoms with E-state index in [2.05, 4.69) is 10.0 Å². The fourth-order valence-corrected chi connectivity index (χ4v) is 4.05. The predicted octanol–water partition coefficient (Wildman–Crippen LogP) is 2.46. The Labute approximate surface area is 166 Å². The molecule has 0 saturated heterocycles. The topological polar surface area (TPSA) is 139 Å². The van der Waals surface area contributed by atoms with Gasteiger partial charge in [-0.3, -0.25) is 9.52 Å². The molecule has 148 valence electrons. The monoisotopic (exact) mass is 423 g/mol. The molecule has 1 fully saturated rings. The van der Waals surface area contributed by atoms with Crippen LogP contribution in [0.2, 0.25) is 5.02 Å². The normalized spacial score (nSPS) is 15.3. The van der Waals surface area contributed by atoms with Crippen molar-refractivity contribution in [1.82, 2.24) is 5.32 Å². The highest BCUT2D eigenvalue weighted by atomic mass is 35.5. The number of amides is 1. The van der Waals surface area contributed by atoms with Gasteiger partial charge >= 0.3 is 5.97 Å². The summed E-state index contributed by atoms with van der Waals surface area (Å²) < 4.78 is 27.6. The first-order chi connectivity index (χ1) is 13.1. The van der Waals surface area contributed by atoms with Gasteiger partial charge in [-0.25, -0.2) is 13.2 Å². The number of carbonyl (C=O) groups is 2. The molecule has 1 saturated carbocycles. The van der Waals surface area contributed by atoms with Crippen molar-refractivity contribution in [2.75, 3.05) is 10.5 Å². The number of carboxylic acids is 1. The van der Waals surface area contributed by atoms with E-state index in [1.165, 1.54) is 36.4 Å². The maximum atomic E-state index is 12.6. The molecule has 5 N–H and O–H groups in total. The maximum Gasteiger partial charge on any atom is 0.329 e. The number of hydrogen-bond donors (Lipinski definition) is 4. The second kappa shape index (κ2) is 7.33. The lowest BCUT2D eigenvalue weighted by atomic mass is 9.76. The molecule has 0 aromatic heterocycles. The zero-order valence-corrected chi connectivity index (χ0v) is 16.2. The van der Waals surface area contributed by atoms with Crippen molar-refractivity contribution in [2.24, 2.45) is 0 Å². The van der Waals surface area contributed by atoms with Crippen LogP contribution in [0.1, 0.15) is 29.6 Å². The Morgan fingerprint density at radius 2 is 1.75 bits per heavy atom. The molecular weight excluding hydrogens is 406 g/mol. The first-order valence-electron chi connectivity index (χ1n) is 8.37. The van der Waals surface area contributed by atoms with Crippen LogP contribution in [0.4, 0.5) is 11.4 Å². The fourth-order valence-electron chi connectivity index (χ4n) is 2.84. The minimum absolute atomic E-state index is 0.0443. The summed E-state index contributed by atoms with van der Waals surface area (Å²) in [6.07, 6.45) is 1.30. The largest absolute Gasteiger partial charge is 0.480 e. The lowest BCUT2D eigenvalue weighted by Gasteiger charge is -2.38. The Balaban J connectivity index is 1.87. The van der Waals surface area contributed by atoms with Crippen LogP contribution in [0.15, 0.2) is 47.4 Å². The number of carbonyl (C=O) groups excluding carboxylic acids is 1. The first-order valence-corrected chi connectivity index (χ1v) is 10.2. The molecule has 0 unspecified atom stereocenters. The highest BCUT2D eigenvalue weighted by Gasteiger charge is 2.46. The van der Waals surface area contributed by atoms with Crippen LogP contribution >= 0.6 is 11.6 Å². The van der Waals surface area contributed by atoms with Gasteiger partial charge in [-0.1, -0.05) is 11.6 Å². The van der Waals surface area contributed by atoms with Gasteiger partial charge in [0.2, 0.25) is 0 Å². The second-order valence-corrected chi connectivity index (χ2v) is 8.68. The summed E-state index contributed by atoms with van der Waals surface area (Å²) >= 11 is 5.79. The standard InChI is InChI=1S/C18H18ClN3O5S/c19-11-2-4-12(5-3-11)22-28(26,27)13-6-7-15(20)14(10-13)16(23)21-18(17(24)25)8-1-9-18/h2-7,10,22H,1,8-9,20H2,(H,21,23)(H,24,25). The Morgan fingerprint density at radius 3 is 2.29 bits per heavy atom. The van der Waals surface area contributed by atoms with Crippen LogP contribution in [0.5, 0.6) is 0 Å². The number of nitrogen functional groups attached to an aromatic ring is 1. The Hall–Kier alpha value is -2.78. The molecule has 10 heteroatoms. The van der Waals surface area contributed by atoms with Crippen LogP contribution in [0.3, 0.4) is 0 Å². The van der Waals surface area contributed by atoms with Gasteiger partial charge in [-0.05, 0) is 61.7 Å². The van der Waals surface area contributed by atoms with Gasteiger partial charge in [0.15, 0.2) is 0 Å². The van der Waals surface area contributed by atoms with Crippen LogP contribution in [-0.4, -0.2) is 30.9 Å². The smallest absolute Gasteiger partial charge is 0.329 e. The lowest BCUT2D eigenvalue weighted by Crippen LogP contribution is -2.59. The van der Waals surface area contributed by atoms with Crippen LogP contribution < -0.4 is 15.8 Å². The summed E-state index contributed by atoms with van der Waals surface area (Å²) in [6, 6.07) is 9.74. The minimum Gasteiger partial charge on any atom is -0.480 e. The maximum absolute atomic E-state index is 12.6. The number of nitrogens with one attached hydrogen (secondary N) is 2. The zero-order chi connectivity index (χ0) is 20.5. The molecule has 28 heavy (non-hydrogen) atoms. The number of sulfonamides is 1. The number of benzene rings is 2. The number of hydrogen-bond acceptors (Lipinski definition) is 5. The van der Waals surface area contributed by atoms with Crippen molar-refractivity contribution in [1.29, 1.82) is 0 Å². The number of carboxylic acid groups (broad SMARTS) is 1. The van der Waals surface area contributed by atoms with E-state index in [9.17, 15) is 23.1 Å². The molecule has 0 aliphatic heterocycles. The van der Waals surface area contributed by atoms with Crippen molar-refractivity contribution in [3.05, 3.63) is 53.1 Å². The summed E-state index contributed by atoms with van der Waals surface area (Å²) in [5, 5.41) is 12.3. The number of rotatable bonds is 6. The molecule has 0 heterocycles. The van der Waals surface area contributed by atoms with Gasteiger partial charge in [0.25, 0.3) is 15.9 Å². The average molecular weight is 424 g/mol. The van der Waals surface area contributed by atoms with E-state index < -0.39 is 27.4 Å². The highest BCUT2D eigenvalue weighted by Crippen LogP contribution is 2.33. The quantitative estimate of drug-likeness (QED) is 0.526. The Kier molecular flexibility index (Phi) is 5.22. The SMILES string of the molecule is Nc1ccc(S(=O)(=O)Nc2ccc(Cl)cc2)cc1C(=O)NC1(C(=O)O)CCC1. The lowest BCUT2D eigenvalue weighted by molar-refractivity contribution is -0.148. The van der Waals surface area contributed by atoms with Crippen molar-refractivity contribution in [3.8, 4) is 0 Å². The first kappa shape index (κ1) is 20.0. The Morgan fingerprint density at radius 1 is 1.11 bits per heavy atom. The van der Waals surface area contributed by atoms with Crippen molar-refractivity contribution in [3.63, 3.8) is 0 Å². The number of aliphatic carboxylic acids is 1. The number of nitrogens with two attached hydrogens (primary N) is 1. The van der Waals surface area contributed by atoms with Crippen LogP contribution in [0, 0.1) is 0 Å². The summed E-state index contributed by atoms with van der Waals surface area (Å²) in [5.74, 6) is -1.86. The zero-order valence-electron chi connectivity index (χ0n) is 14.6. The molecule has 1 amide bonds. The van der Waals surface area contributed by atoms with Crippen molar-refractivity contribution in [2.45, 2.75) is 29.7 Å². The third-order valence-electron chi connectivity index (χ3n) is 4.65. The van der Waals surface area contributed by atoms with Gasteiger partial charge in [0, 0.05) is 16.4 Å². The average Bonchev–Trinajstić information content (AvgIpc) is 2.59. The molecule has 0 spiro atoms. The minimum atomic E-state index is -4.00. The van der Waals surface area contributed by atoms with E-state index in [1.54, 1.807) is 0 Å². The van der Waals surface area contributed by atoms with E-state index in [0.717, 1.165) is 6.07 Å². The summed E-state index contributed by atoms with van der Waals surface area (Å²) in [7, 11) is -4.00. The molecule has 0 radical (unpaired) electrons. The van der Waals surface area contributed by atoms with Crippen molar-refractivity contribution >= 4 is 44.9 Å². The third-order valence-corrected chi connectivity index (χ3v) is 6.28. The molecule has 0 atom stereocenters. The molecular formula is C18H18ClN3O5S. The van der Waals surface area contributed by atoms with Crippen LogP contribution in [-0.2, 0) is 14.8 Å². The highest BCUT2D eigenvalue weighted by molar-refractivity contribution is 7.92.